The van der Waals surface area contributed by atoms with Crippen LogP contribution in [-0.4, -0.2) is 36.1 Å². The number of hydrogen-bond acceptors (Lipinski definition) is 2. The van der Waals surface area contributed by atoms with E-state index in [0.717, 1.165) is 6.04 Å². The van der Waals surface area contributed by atoms with Gasteiger partial charge in [0.25, 0.3) is 0 Å². The Kier molecular flexibility index (Phi) is 3.72. The SMILES string of the molecule is Fc1cccc(C2CC(NC3CCN4CCCCC34)C2)c1. The van der Waals surface area contributed by atoms with E-state index in [9.17, 15) is 4.39 Å². The quantitative estimate of drug-likeness (QED) is 0.918. The van der Waals surface area contributed by atoms with E-state index in [1.807, 2.05) is 6.07 Å². The van der Waals surface area contributed by atoms with Crippen molar-refractivity contribution in [1.82, 2.24) is 10.2 Å². The van der Waals surface area contributed by atoms with Crippen molar-refractivity contribution in [2.45, 2.75) is 62.6 Å². The van der Waals surface area contributed by atoms with E-state index in [1.54, 1.807) is 6.07 Å². The number of benzene rings is 1. The van der Waals surface area contributed by atoms with Gasteiger partial charge in [0.1, 0.15) is 5.82 Å². The van der Waals surface area contributed by atoms with Crippen LogP contribution in [0.3, 0.4) is 0 Å². The van der Waals surface area contributed by atoms with Gasteiger partial charge in [0.15, 0.2) is 0 Å². The number of hydrogen-bond donors (Lipinski definition) is 1. The Bertz CT molecular complexity index is 498. The molecule has 1 aliphatic carbocycles. The average molecular weight is 288 g/mol. The Morgan fingerprint density at radius 1 is 1.10 bits per heavy atom. The first-order valence-corrected chi connectivity index (χ1v) is 8.55. The molecule has 1 N–H and O–H groups in total. The van der Waals surface area contributed by atoms with Crippen molar-refractivity contribution in [2.75, 3.05) is 13.1 Å². The van der Waals surface area contributed by atoms with Gasteiger partial charge >= 0.3 is 0 Å². The van der Waals surface area contributed by atoms with Gasteiger partial charge in [0, 0.05) is 24.7 Å². The Morgan fingerprint density at radius 2 is 2.00 bits per heavy atom. The molecule has 1 saturated carbocycles. The maximum absolute atomic E-state index is 13.3. The maximum atomic E-state index is 13.3. The number of nitrogens with one attached hydrogen (secondary N) is 1. The van der Waals surface area contributed by atoms with Gasteiger partial charge in [-0.3, -0.25) is 4.90 Å². The molecule has 2 atom stereocenters. The highest BCUT2D eigenvalue weighted by atomic mass is 19.1. The third-order valence-electron chi connectivity index (χ3n) is 5.76. The van der Waals surface area contributed by atoms with Crippen LogP contribution in [0, 0.1) is 5.82 Å². The Balaban J connectivity index is 1.30. The van der Waals surface area contributed by atoms with E-state index in [0.29, 0.717) is 18.0 Å². The molecule has 21 heavy (non-hydrogen) atoms. The average Bonchev–Trinajstić information content (AvgIpc) is 2.85. The molecule has 2 nitrogen and oxygen atoms in total. The fourth-order valence-corrected chi connectivity index (χ4v) is 4.53. The zero-order valence-electron chi connectivity index (χ0n) is 12.6. The first-order valence-electron chi connectivity index (χ1n) is 8.55. The molecule has 0 aromatic heterocycles. The Morgan fingerprint density at radius 3 is 2.86 bits per heavy atom. The molecule has 3 fully saturated rings. The van der Waals surface area contributed by atoms with Crippen LogP contribution in [-0.2, 0) is 0 Å². The second-order valence-corrected chi connectivity index (χ2v) is 7.08. The summed E-state index contributed by atoms with van der Waals surface area (Å²) in [4.78, 5) is 2.68. The highest BCUT2D eigenvalue weighted by Gasteiger charge is 2.39. The second-order valence-electron chi connectivity index (χ2n) is 7.08. The van der Waals surface area contributed by atoms with Gasteiger partial charge in [-0.05, 0) is 62.3 Å². The van der Waals surface area contributed by atoms with Crippen LogP contribution < -0.4 is 5.32 Å². The molecule has 2 heterocycles. The fourth-order valence-electron chi connectivity index (χ4n) is 4.53. The number of fused-ring (bicyclic) bond motifs is 1. The molecule has 3 heteroatoms. The van der Waals surface area contributed by atoms with Gasteiger partial charge in [-0.2, -0.15) is 0 Å². The lowest BCUT2D eigenvalue weighted by atomic mass is 9.75. The second kappa shape index (κ2) is 5.69. The molecule has 2 aliphatic heterocycles. The van der Waals surface area contributed by atoms with Crippen LogP contribution in [0.15, 0.2) is 24.3 Å². The smallest absolute Gasteiger partial charge is 0.123 e. The van der Waals surface area contributed by atoms with Crippen LogP contribution in [0.4, 0.5) is 4.39 Å². The van der Waals surface area contributed by atoms with Crippen LogP contribution in [0.25, 0.3) is 0 Å². The third-order valence-corrected chi connectivity index (χ3v) is 5.76. The molecule has 2 saturated heterocycles. The van der Waals surface area contributed by atoms with Gasteiger partial charge in [0.2, 0.25) is 0 Å². The van der Waals surface area contributed by atoms with Gasteiger partial charge < -0.3 is 5.32 Å². The van der Waals surface area contributed by atoms with Crippen molar-refractivity contribution < 1.29 is 4.39 Å². The van der Waals surface area contributed by atoms with Crippen molar-refractivity contribution in [2.24, 2.45) is 0 Å². The van der Waals surface area contributed by atoms with Gasteiger partial charge in [-0.1, -0.05) is 18.6 Å². The predicted molar refractivity (Wildman–Crippen MR) is 82.9 cm³/mol. The summed E-state index contributed by atoms with van der Waals surface area (Å²) in [5.41, 5.74) is 1.18. The van der Waals surface area contributed by atoms with Crippen LogP contribution >= 0.6 is 0 Å². The minimum atomic E-state index is -0.0995. The minimum absolute atomic E-state index is 0.0995. The zero-order valence-corrected chi connectivity index (χ0v) is 12.6. The highest BCUT2D eigenvalue weighted by Crippen LogP contribution is 2.38. The van der Waals surface area contributed by atoms with E-state index < -0.39 is 0 Å². The van der Waals surface area contributed by atoms with Crippen molar-refractivity contribution in [3.8, 4) is 0 Å². The maximum Gasteiger partial charge on any atom is 0.123 e. The number of rotatable bonds is 3. The largest absolute Gasteiger partial charge is 0.310 e. The van der Waals surface area contributed by atoms with Crippen molar-refractivity contribution in [3.63, 3.8) is 0 Å². The molecule has 1 aromatic carbocycles. The lowest BCUT2D eigenvalue weighted by Crippen LogP contribution is -2.51. The van der Waals surface area contributed by atoms with E-state index in [2.05, 4.69) is 16.3 Å². The zero-order chi connectivity index (χ0) is 14.2. The van der Waals surface area contributed by atoms with Crippen LogP contribution in [0.2, 0.25) is 0 Å². The highest BCUT2D eigenvalue weighted by molar-refractivity contribution is 5.24. The standard InChI is InChI=1S/C18H25FN2/c19-15-5-3-4-13(10-15)14-11-16(12-14)20-17-7-9-21-8-2-1-6-18(17)21/h3-5,10,14,16-18,20H,1-2,6-9,11-12H2. The molecule has 0 amide bonds. The Hall–Kier alpha value is -0.930. The van der Waals surface area contributed by atoms with E-state index in [4.69, 9.17) is 0 Å². The number of halogens is 1. The van der Waals surface area contributed by atoms with E-state index in [-0.39, 0.29) is 5.82 Å². The molecule has 0 spiro atoms. The lowest BCUT2D eigenvalue weighted by molar-refractivity contribution is 0.164. The van der Waals surface area contributed by atoms with E-state index >= 15 is 0 Å². The summed E-state index contributed by atoms with van der Waals surface area (Å²) in [7, 11) is 0. The molecule has 0 radical (unpaired) electrons. The molecular formula is C18H25FN2. The predicted octanol–water partition coefficient (Wildman–Crippen LogP) is 3.29. The summed E-state index contributed by atoms with van der Waals surface area (Å²) in [5.74, 6) is 0.458. The molecule has 3 aliphatic rings. The monoisotopic (exact) mass is 288 g/mol. The molecule has 114 valence electrons. The van der Waals surface area contributed by atoms with Crippen LogP contribution in [0.5, 0.6) is 0 Å². The fraction of sp³-hybridized carbons (Fsp3) is 0.667. The summed E-state index contributed by atoms with van der Waals surface area (Å²) in [5, 5.41) is 3.89. The summed E-state index contributed by atoms with van der Waals surface area (Å²) >= 11 is 0. The molecule has 0 bridgehead atoms. The summed E-state index contributed by atoms with van der Waals surface area (Å²) in [6.45, 7) is 2.59. The van der Waals surface area contributed by atoms with E-state index in [1.165, 1.54) is 63.2 Å². The minimum Gasteiger partial charge on any atom is -0.310 e. The molecular weight excluding hydrogens is 263 g/mol. The normalized spacial score (nSPS) is 36.2. The van der Waals surface area contributed by atoms with Gasteiger partial charge in [-0.15, -0.1) is 0 Å². The topological polar surface area (TPSA) is 15.3 Å². The van der Waals surface area contributed by atoms with Crippen molar-refractivity contribution in [1.29, 1.82) is 0 Å². The first-order chi connectivity index (χ1) is 10.3. The Labute approximate surface area is 126 Å². The molecule has 2 unspecified atom stereocenters. The number of nitrogens with zero attached hydrogens (tertiary/aromatic N) is 1. The van der Waals surface area contributed by atoms with Crippen molar-refractivity contribution >= 4 is 0 Å². The number of piperidine rings is 1. The van der Waals surface area contributed by atoms with Gasteiger partial charge in [0.05, 0.1) is 0 Å². The molecule has 4 rings (SSSR count). The summed E-state index contributed by atoms with van der Waals surface area (Å²) < 4.78 is 13.3. The first kappa shape index (κ1) is 13.7. The third kappa shape index (κ3) is 2.74. The summed E-state index contributed by atoms with van der Waals surface area (Å²) in [6, 6.07) is 9.28. The van der Waals surface area contributed by atoms with Gasteiger partial charge in [-0.25, -0.2) is 4.39 Å². The van der Waals surface area contributed by atoms with Crippen molar-refractivity contribution in [3.05, 3.63) is 35.6 Å². The van der Waals surface area contributed by atoms with Crippen LogP contribution in [0.1, 0.15) is 50.0 Å². The molecule has 1 aromatic rings. The summed E-state index contributed by atoms with van der Waals surface area (Å²) in [6.07, 6.45) is 7.81. The lowest BCUT2D eigenvalue weighted by Gasteiger charge is -2.40.